The first-order valence-electron chi connectivity index (χ1n) is 6.84. The van der Waals surface area contributed by atoms with Gasteiger partial charge in [-0.15, -0.1) is 4.28 Å². The van der Waals surface area contributed by atoms with E-state index in [9.17, 15) is 22.8 Å². The zero-order valence-electron chi connectivity index (χ0n) is 12.2. The number of rotatable bonds is 7. The lowest BCUT2D eigenvalue weighted by atomic mass is 10.0. The summed E-state index contributed by atoms with van der Waals surface area (Å²) in [6, 6.07) is -2.34. The zero-order valence-corrected chi connectivity index (χ0v) is 13.1. The van der Waals surface area contributed by atoms with Crippen molar-refractivity contribution in [3.8, 4) is 0 Å². The second-order valence-electron chi connectivity index (χ2n) is 5.06. The summed E-state index contributed by atoms with van der Waals surface area (Å²) in [5.74, 6) is -0.633. The molecular formula is C10H16N4O9S. The molecule has 13 nitrogen and oxygen atoms in total. The minimum atomic E-state index is -4.85. The van der Waals surface area contributed by atoms with E-state index in [0.29, 0.717) is 5.06 Å². The van der Waals surface area contributed by atoms with Gasteiger partial charge in [0.15, 0.2) is 0 Å². The van der Waals surface area contributed by atoms with Crippen LogP contribution in [0.15, 0.2) is 0 Å². The lowest BCUT2D eigenvalue weighted by Gasteiger charge is -2.28. The van der Waals surface area contributed by atoms with Gasteiger partial charge in [0.1, 0.15) is 6.04 Å². The molecule has 0 aromatic heterocycles. The molecule has 2 aliphatic rings. The standard InChI is InChI=1S/C10H16N4O9S/c15-8(12-22-4-3-11-9(16)17)7-2-1-6-5-13(7)10(18)14(6)23-24(19,20)21/h6-7,11H,1-5H2,(H,12,15)(H,16,17)(H,19,20,21)/t6-,7+/m1/s1. The molecule has 24 heavy (non-hydrogen) atoms. The van der Waals surface area contributed by atoms with E-state index in [1.54, 1.807) is 0 Å². The molecule has 2 bridgehead atoms. The summed E-state index contributed by atoms with van der Waals surface area (Å²) < 4.78 is 34.4. The molecule has 0 radical (unpaired) electrons. The molecule has 2 heterocycles. The van der Waals surface area contributed by atoms with Crippen LogP contribution in [-0.4, -0.2) is 77.9 Å². The smallest absolute Gasteiger partial charge is 0.418 e. The molecule has 2 fully saturated rings. The Morgan fingerprint density at radius 3 is 2.67 bits per heavy atom. The van der Waals surface area contributed by atoms with Gasteiger partial charge in [-0.1, -0.05) is 0 Å². The van der Waals surface area contributed by atoms with Crippen LogP contribution in [0.1, 0.15) is 12.8 Å². The second kappa shape index (κ2) is 7.16. The third-order valence-corrected chi connectivity index (χ3v) is 3.80. The topological polar surface area (TPSA) is 175 Å². The van der Waals surface area contributed by atoms with Gasteiger partial charge in [0.25, 0.3) is 5.91 Å². The van der Waals surface area contributed by atoms with Gasteiger partial charge < -0.3 is 15.3 Å². The fraction of sp³-hybridized carbons (Fsp3) is 0.700. The Hall–Kier alpha value is -2.16. The highest BCUT2D eigenvalue weighted by Gasteiger charge is 2.49. The third-order valence-electron chi connectivity index (χ3n) is 3.45. The normalized spacial score (nSPS) is 23.3. The maximum absolute atomic E-state index is 12.1. The summed E-state index contributed by atoms with van der Waals surface area (Å²) >= 11 is 0. The van der Waals surface area contributed by atoms with Gasteiger partial charge in [-0.25, -0.2) is 15.1 Å². The number of fused-ring (bicyclic) bond motifs is 2. The van der Waals surface area contributed by atoms with E-state index < -0.39 is 40.5 Å². The highest BCUT2D eigenvalue weighted by atomic mass is 32.3. The van der Waals surface area contributed by atoms with E-state index >= 15 is 0 Å². The summed E-state index contributed by atoms with van der Waals surface area (Å²) in [5.41, 5.74) is 2.10. The maximum Gasteiger partial charge on any atom is 0.418 e. The lowest BCUT2D eigenvalue weighted by Crippen LogP contribution is -2.50. The first-order chi connectivity index (χ1) is 11.2. The predicted octanol–water partition coefficient (Wildman–Crippen LogP) is -1.70. The largest absolute Gasteiger partial charge is 0.465 e. The average molecular weight is 368 g/mol. The predicted molar refractivity (Wildman–Crippen MR) is 73.5 cm³/mol. The number of piperidine rings is 1. The van der Waals surface area contributed by atoms with Crippen LogP contribution in [0.4, 0.5) is 9.59 Å². The Kier molecular flexibility index (Phi) is 5.43. The van der Waals surface area contributed by atoms with Gasteiger partial charge in [-0.3, -0.25) is 14.2 Å². The fourth-order valence-electron chi connectivity index (χ4n) is 2.50. The van der Waals surface area contributed by atoms with E-state index in [1.807, 2.05) is 5.32 Å². The van der Waals surface area contributed by atoms with Crippen LogP contribution in [-0.2, 0) is 24.3 Å². The van der Waals surface area contributed by atoms with Crippen LogP contribution in [0.5, 0.6) is 0 Å². The third kappa shape index (κ3) is 4.44. The van der Waals surface area contributed by atoms with Crippen molar-refractivity contribution in [3.05, 3.63) is 0 Å². The minimum absolute atomic E-state index is 0.0407. The van der Waals surface area contributed by atoms with Crippen molar-refractivity contribution in [1.29, 1.82) is 0 Å². The molecule has 14 heteroatoms. The Morgan fingerprint density at radius 2 is 2.04 bits per heavy atom. The van der Waals surface area contributed by atoms with Crippen LogP contribution in [0, 0.1) is 0 Å². The van der Waals surface area contributed by atoms with Crippen LogP contribution < -0.4 is 10.8 Å². The summed E-state index contributed by atoms with van der Waals surface area (Å²) in [6.07, 6.45) is -0.703. The van der Waals surface area contributed by atoms with E-state index in [0.717, 1.165) is 4.90 Å². The van der Waals surface area contributed by atoms with Gasteiger partial charge in [-0.05, 0) is 12.8 Å². The molecule has 0 unspecified atom stereocenters. The molecule has 2 atom stereocenters. The molecule has 0 aromatic carbocycles. The molecule has 136 valence electrons. The molecule has 0 saturated carbocycles. The van der Waals surface area contributed by atoms with Crippen molar-refractivity contribution in [2.45, 2.75) is 24.9 Å². The number of urea groups is 1. The number of carbonyl (C=O) groups is 3. The van der Waals surface area contributed by atoms with Crippen LogP contribution in [0.25, 0.3) is 0 Å². The summed E-state index contributed by atoms with van der Waals surface area (Å²) in [4.78, 5) is 40.2. The Balaban J connectivity index is 1.86. The van der Waals surface area contributed by atoms with Crippen molar-refractivity contribution < 1.29 is 41.6 Å². The van der Waals surface area contributed by atoms with E-state index in [1.165, 1.54) is 0 Å². The highest BCUT2D eigenvalue weighted by molar-refractivity contribution is 7.80. The van der Waals surface area contributed by atoms with Crippen molar-refractivity contribution in [3.63, 3.8) is 0 Å². The van der Waals surface area contributed by atoms with Gasteiger partial charge >= 0.3 is 22.5 Å². The fourth-order valence-corrected chi connectivity index (χ4v) is 2.89. The van der Waals surface area contributed by atoms with Gasteiger partial charge in [0.2, 0.25) is 0 Å². The van der Waals surface area contributed by atoms with Crippen LogP contribution in [0.2, 0.25) is 0 Å². The van der Waals surface area contributed by atoms with Crippen LogP contribution >= 0.6 is 0 Å². The minimum Gasteiger partial charge on any atom is -0.465 e. The molecule has 0 aliphatic carbocycles. The first kappa shape index (κ1) is 18.2. The van der Waals surface area contributed by atoms with Crippen LogP contribution in [0.3, 0.4) is 0 Å². The number of nitrogens with one attached hydrogen (secondary N) is 2. The average Bonchev–Trinajstić information content (AvgIpc) is 2.70. The van der Waals surface area contributed by atoms with E-state index in [2.05, 4.69) is 9.76 Å². The van der Waals surface area contributed by atoms with Crippen molar-refractivity contribution in [2.24, 2.45) is 0 Å². The van der Waals surface area contributed by atoms with Gasteiger partial charge in [0.05, 0.1) is 12.6 Å². The second-order valence-corrected chi connectivity index (χ2v) is 6.06. The van der Waals surface area contributed by atoms with Gasteiger partial charge in [-0.2, -0.15) is 13.5 Å². The highest BCUT2D eigenvalue weighted by Crippen LogP contribution is 2.30. The lowest BCUT2D eigenvalue weighted by molar-refractivity contribution is -0.138. The molecule has 0 spiro atoms. The number of carbonyl (C=O) groups excluding carboxylic acids is 2. The summed E-state index contributed by atoms with van der Waals surface area (Å²) in [6.45, 7) is -0.0900. The Morgan fingerprint density at radius 1 is 1.33 bits per heavy atom. The SMILES string of the molecule is O=C(O)NCCONC(=O)[C@@H]1CC[C@@H]2CN1C(=O)N2OS(=O)(=O)O. The molecule has 2 aliphatic heterocycles. The molecule has 2 rings (SSSR count). The summed E-state index contributed by atoms with van der Waals surface area (Å²) in [7, 11) is -4.85. The Bertz CT molecular complexity index is 624. The molecule has 4 amide bonds. The maximum atomic E-state index is 12.1. The van der Waals surface area contributed by atoms with Crippen molar-refractivity contribution in [2.75, 3.05) is 19.7 Å². The monoisotopic (exact) mass is 368 g/mol. The summed E-state index contributed by atoms with van der Waals surface area (Å²) in [5, 5.41) is 10.9. The number of hydrogen-bond donors (Lipinski definition) is 4. The number of hydroxylamine groups is 3. The number of carboxylic acid groups (broad SMARTS) is 1. The molecule has 4 N–H and O–H groups in total. The zero-order chi connectivity index (χ0) is 17.9. The first-order valence-corrected chi connectivity index (χ1v) is 8.21. The Labute approximate surface area is 136 Å². The number of amides is 4. The number of nitrogens with zero attached hydrogens (tertiary/aromatic N) is 2. The van der Waals surface area contributed by atoms with Crippen molar-refractivity contribution >= 4 is 28.4 Å². The number of hydrogen-bond acceptors (Lipinski definition) is 7. The van der Waals surface area contributed by atoms with Gasteiger partial charge in [0, 0.05) is 13.1 Å². The molecule has 0 aromatic rings. The van der Waals surface area contributed by atoms with E-state index in [-0.39, 0.29) is 32.5 Å². The van der Waals surface area contributed by atoms with Crippen molar-refractivity contribution in [1.82, 2.24) is 20.8 Å². The van der Waals surface area contributed by atoms with E-state index in [4.69, 9.17) is 14.5 Å². The molecule has 2 saturated heterocycles. The quantitative estimate of drug-likeness (QED) is 0.232. The molecular weight excluding hydrogens is 352 g/mol.